The minimum atomic E-state index is -4.65. The number of rotatable bonds is 6. The predicted octanol–water partition coefficient (Wildman–Crippen LogP) is 3.96. The quantitative estimate of drug-likeness (QED) is 0.560. The number of amides is 1. The highest BCUT2D eigenvalue weighted by Crippen LogP contribution is 2.32. The number of aromatic nitrogens is 1. The number of benzene rings is 2. The van der Waals surface area contributed by atoms with Gasteiger partial charge in [-0.3, -0.25) is 9.59 Å². The van der Waals surface area contributed by atoms with Gasteiger partial charge in [-0.15, -0.1) is 0 Å². The van der Waals surface area contributed by atoms with Crippen molar-refractivity contribution in [3.05, 3.63) is 87.3 Å². The van der Waals surface area contributed by atoms with Crippen LogP contribution in [0.1, 0.15) is 27.2 Å². The monoisotopic (exact) mass is 494 g/mol. The molecule has 0 saturated heterocycles. The molecule has 0 aliphatic carbocycles. The van der Waals surface area contributed by atoms with Gasteiger partial charge in [0, 0.05) is 18.0 Å². The van der Waals surface area contributed by atoms with E-state index in [9.17, 15) is 31.2 Å². The van der Waals surface area contributed by atoms with Crippen molar-refractivity contribution in [2.75, 3.05) is 18.3 Å². The first-order valence-electron chi connectivity index (χ1n) is 9.87. The summed E-state index contributed by atoms with van der Waals surface area (Å²) in [5, 5.41) is 0. The fourth-order valence-corrected chi connectivity index (χ4v) is 3.91. The van der Waals surface area contributed by atoms with Crippen LogP contribution >= 0.6 is 0 Å². The number of nitrogens with zero attached hydrogens (tertiary/aromatic N) is 1. The van der Waals surface area contributed by atoms with Crippen LogP contribution in [0.2, 0.25) is 0 Å². The molecule has 1 heterocycles. The van der Waals surface area contributed by atoms with Gasteiger partial charge in [-0.1, -0.05) is 18.2 Å². The van der Waals surface area contributed by atoms with E-state index in [0.717, 1.165) is 29.4 Å². The third kappa shape index (κ3) is 5.48. The van der Waals surface area contributed by atoms with Crippen LogP contribution in [0.3, 0.4) is 0 Å². The maximum atomic E-state index is 13.4. The van der Waals surface area contributed by atoms with Crippen LogP contribution < -0.4 is 15.2 Å². The third-order valence-corrected chi connectivity index (χ3v) is 6.19. The van der Waals surface area contributed by atoms with Crippen molar-refractivity contribution in [1.82, 2.24) is 4.98 Å². The Kier molecular flexibility index (Phi) is 6.87. The number of sulfone groups is 1. The van der Waals surface area contributed by atoms with Crippen molar-refractivity contribution in [2.24, 2.45) is 0 Å². The molecule has 11 heteroatoms. The van der Waals surface area contributed by atoms with Gasteiger partial charge in [0.1, 0.15) is 11.3 Å². The molecule has 0 saturated carbocycles. The van der Waals surface area contributed by atoms with Crippen LogP contribution in [0.4, 0.5) is 18.9 Å². The molecule has 0 spiro atoms. The molecule has 3 rings (SSSR count). The van der Waals surface area contributed by atoms with Gasteiger partial charge in [-0.25, -0.2) is 8.42 Å². The number of halogens is 3. The molecule has 0 bridgehead atoms. The molecule has 0 atom stereocenters. The molecule has 7 nitrogen and oxygen atoms in total. The predicted molar refractivity (Wildman–Crippen MR) is 120 cm³/mol. The molecule has 0 aliphatic rings. The number of anilines is 1. The van der Waals surface area contributed by atoms with E-state index in [2.05, 4.69) is 4.98 Å². The summed E-state index contributed by atoms with van der Waals surface area (Å²) in [5.41, 5.74) is -1.29. The Labute approximate surface area is 193 Å². The Morgan fingerprint density at radius 3 is 2.29 bits per heavy atom. The molecule has 0 radical (unpaired) electrons. The number of H-pyrrole nitrogens is 1. The summed E-state index contributed by atoms with van der Waals surface area (Å²) >= 11 is 0. The first-order chi connectivity index (χ1) is 15.8. The SMILES string of the molecule is COc1cc(C(=O)N(Cc2ccc(S(C)(=O)=O)cc2)c2cccc(C(F)(F)F)c2)c(=O)[nH]c1C. The lowest BCUT2D eigenvalue weighted by Gasteiger charge is -2.24. The number of carbonyl (C=O) groups is 1. The number of nitrogens with one attached hydrogen (secondary N) is 1. The second-order valence-corrected chi connectivity index (χ2v) is 9.58. The molecule has 2 aromatic carbocycles. The van der Waals surface area contributed by atoms with Gasteiger partial charge in [0.15, 0.2) is 9.84 Å². The summed E-state index contributed by atoms with van der Waals surface area (Å²) < 4.78 is 68.5. The summed E-state index contributed by atoms with van der Waals surface area (Å²) in [7, 11) is -2.11. The van der Waals surface area contributed by atoms with Crippen molar-refractivity contribution in [2.45, 2.75) is 24.5 Å². The second kappa shape index (κ2) is 9.34. The summed E-state index contributed by atoms with van der Waals surface area (Å²) in [5.74, 6) is -0.629. The van der Waals surface area contributed by atoms with Crippen molar-refractivity contribution in [1.29, 1.82) is 0 Å². The maximum Gasteiger partial charge on any atom is 0.416 e. The van der Waals surface area contributed by atoms with E-state index in [0.29, 0.717) is 11.3 Å². The van der Waals surface area contributed by atoms with Gasteiger partial charge in [0.2, 0.25) is 0 Å². The van der Waals surface area contributed by atoms with E-state index >= 15 is 0 Å². The Hall–Kier alpha value is -3.60. The lowest BCUT2D eigenvalue weighted by atomic mass is 10.1. The number of hydrogen-bond acceptors (Lipinski definition) is 5. The van der Waals surface area contributed by atoms with E-state index in [1.807, 2.05) is 0 Å². The number of pyridine rings is 1. The number of carbonyl (C=O) groups excluding carboxylic acids is 1. The fourth-order valence-electron chi connectivity index (χ4n) is 3.28. The van der Waals surface area contributed by atoms with Crippen LogP contribution in [-0.2, 0) is 22.6 Å². The highest BCUT2D eigenvalue weighted by Gasteiger charge is 2.32. The van der Waals surface area contributed by atoms with Crippen molar-refractivity contribution >= 4 is 21.4 Å². The molecule has 0 unspecified atom stereocenters. The first kappa shape index (κ1) is 25.0. The van der Waals surface area contributed by atoms with E-state index in [1.165, 1.54) is 43.5 Å². The number of methoxy groups -OCH3 is 1. The van der Waals surface area contributed by atoms with Crippen molar-refractivity contribution < 1.29 is 31.1 Å². The Balaban J connectivity index is 2.11. The minimum absolute atomic E-state index is 0.0490. The number of hydrogen-bond donors (Lipinski definition) is 1. The molecule has 180 valence electrons. The standard InChI is InChI=1S/C23H21F3N2O5S/c1-14-20(33-2)12-19(21(29)27-14)22(30)28(17-6-4-5-16(11-17)23(24,25)26)13-15-7-9-18(10-8-15)34(3,31)32/h4-12H,13H2,1-3H3,(H,27,29). The summed E-state index contributed by atoms with van der Waals surface area (Å²) in [4.78, 5) is 29.5. The van der Waals surface area contributed by atoms with Crippen LogP contribution in [0, 0.1) is 6.92 Å². The van der Waals surface area contributed by atoms with Crippen LogP contribution in [0.15, 0.2) is 64.3 Å². The first-order valence-corrected chi connectivity index (χ1v) is 11.8. The van der Waals surface area contributed by atoms with Gasteiger partial charge >= 0.3 is 6.18 Å². The topological polar surface area (TPSA) is 96.5 Å². The number of aryl methyl sites for hydroxylation is 1. The van der Waals surface area contributed by atoms with E-state index < -0.39 is 33.0 Å². The third-order valence-electron chi connectivity index (χ3n) is 5.06. The molecule has 1 amide bonds. The molecule has 0 aliphatic heterocycles. The molecule has 1 N–H and O–H groups in total. The van der Waals surface area contributed by atoms with E-state index in [-0.39, 0.29) is 28.4 Å². The lowest BCUT2D eigenvalue weighted by molar-refractivity contribution is -0.137. The zero-order chi connectivity index (χ0) is 25.3. The van der Waals surface area contributed by atoms with Crippen molar-refractivity contribution in [3.63, 3.8) is 0 Å². The summed E-state index contributed by atoms with van der Waals surface area (Å²) in [6.07, 6.45) is -3.61. The molecule has 0 fully saturated rings. The van der Waals surface area contributed by atoms with Gasteiger partial charge in [0.05, 0.1) is 29.8 Å². The van der Waals surface area contributed by atoms with Crippen LogP contribution in [0.25, 0.3) is 0 Å². The average molecular weight is 494 g/mol. The van der Waals surface area contributed by atoms with Gasteiger partial charge in [-0.05, 0) is 42.8 Å². The largest absolute Gasteiger partial charge is 0.495 e. The normalized spacial score (nSPS) is 11.8. The van der Waals surface area contributed by atoms with Gasteiger partial charge in [0.25, 0.3) is 11.5 Å². The highest BCUT2D eigenvalue weighted by atomic mass is 32.2. The highest BCUT2D eigenvalue weighted by molar-refractivity contribution is 7.90. The molecular formula is C23H21F3N2O5S. The van der Waals surface area contributed by atoms with Crippen molar-refractivity contribution in [3.8, 4) is 5.75 Å². The smallest absolute Gasteiger partial charge is 0.416 e. The zero-order valence-electron chi connectivity index (χ0n) is 18.4. The summed E-state index contributed by atoms with van der Waals surface area (Å²) in [6.45, 7) is 1.35. The number of ether oxygens (including phenoxy) is 1. The molecule has 3 aromatic rings. The average Bonchev–Trinajstić information content (AvgIpc) is 2.76. The summed E-state index contributed by atoms with van der Waals surface area (Å²) in [6, 6.07) is 10.9. The molecular weight excluding hydrogens is 473 g/mol. The lowest BCUT2D eigenvalue weighted by Crippen LogP contribution is -2.35. The Bertz CT molecular complexity index is 1380. The second-order valence-electron chi connectivity index (χ2n) is 7.56. The van der Waals surface area contributed by atoms with E-state index in [1.54, 1.807) is 6.92 Å². The Morgan fingerprint density at radius 1 is 1.09 bits per heavy atom. The van der Waals surface area contributed by atoms with E-state index in [4.69, 9.17) is 4.74 Å². The number of aromatic amines is 1. The van der Waals surface area contributed by atoms with Gasteiger partial charge in [-0.2, -0.15) is 13.2 Å². The number of alkyl halides is 3. The minimum Gasteiger partial charge on any atom is -0.495 e. The van der Waals surface area contributed by atoms with Crippen LogP contribution in [0.5, 0.6) is 5.75 Å². The van der Waals surface area contributed by atoms with Gasteiger partial charge < -0.3 is 14.6 Å². The zero-order valence-corrected chi connectivity index (χ0v) is 19.3. The fraction of sp³-hybridized carbons (Fsp3) is 0.217. The Morgan fingerprint density at radius 2 is 1.74 bits per heavy atom. The molecule has 34 heavy (non-hydrogen) atoms. The van der Waals surface area contributed by atoms with Crippen LogP contribution in [-0.4, -0.2) is 32.7 Å². The molecule has 1 aromatic heterocycles. The maximum absolute atomic E-state index is 13.4.